The van der Waals surface area contributed by atoms with Crippen LogP contribution in [-0.2, 0) is 33.2 Å². The minimum Gasteiger partial charge on any atom is -0.494 e. The predicted octanol–water partition coefficient (Wildman–Crippen LogP) is 6.93. The lowest BCUT2D eigenvalue weighted by molar-refractivity contribution is -0.117. The van der Waals surface area contributed by atoms with Gasteiger partial charge in [-0.1, -0.05) is 63.2 Å². The van der Waals surface area contributed by atoms with Crippen molar-refractivity contribution in [2.45, 2.75) is 39.0 Å². The number of hydrogen-bond donors (Lipinski definition) is 3. The zero-order valence-corrected chi connectivity index (χ0v) is 28.7. The van der Waals surface area contributed by atoms with Gasteiger partial charge in [0.15, 0.2) is 0 Å². The summed E-state index contributed by atoms with van der Waals surface area (Å²) in [6.07, 6.45) is 3.02. The molecule has 5 aromatic rings. The van der Waals surface area contributed by atoms with E-state index in [1.165, 1.54) is 7.11 Å². The van der Waals surface area contributed by atoms with Crippen molar-refractivity contribution in [3.8, 4) is 23.0 Å². The Hall–Kier alpha value is -5.62. The molecule has 0 radical (unpaired) electrons. The summed E-state index contributed by atoms with van der Waals surface area (Å²) in [6.45, 7) is 6.10. The topological polar surface area (TPSA) is 159 Å². The summed E-state index contributed by atoms with van der Waals surface area (Å²) in [5.74, 6) is 1.20. The van der Waals surface area contributed by atoms with Gasteiger partial charge in [-0.2, -0.15) is 8.42 Å². The molecular weight excluding hydrogens is 644 g/mol. The van der Waals surface area contributed by atoms with E-state index in [4.69, 9.17) is 19.4 Å². The quantitative estimate of drug-likeness (QED) is 0.127. The van der Waals surface area contributed by atoms with E-state index in [0.29, 0.717) is 46.3 Å². The first-order chi connectivity index (χ1) is 23.2. The average Bonchev–Trinajstić information content (AvgIpc) is 3.01. The molecule has 0 saturated carbocycles. The van der Waals surface area contributed by atoms with Gasteiger partial charge in [0.1, 0.15) is 23.0 Å². The molecule has 0 aliphatic heterocycles. The zero-order chi connectivity index (χ0) is 35.3. The van der Waals surface area contributed by atoms with Crippen LogP contribution < -0.4 is 30.0 Å². The molecule has 12 heteroatoms. The number of pyridine rings is 1. The van der Waals surface area contributed by atoms with Gasteiger partial charge in [0.05, 0.1) is 31.2 Å². The zero-order valence-electron chi connectivity index (χ0n) is 27.9. The molecule has 0 atom stereocenters. The maximum absolute atomic E-state index is 13.4. The Kier molecular flexibility index (Phi) is 10.1. The number of carbonyl (C=O) groups excluding carboxylic acids is 2. The number of hydrogen-bond acceptors (Lipinski definition) is 8. The van der Waals surface area contributed by atoms with E-state index in [-0.39, 0.29) is 17.6 Å². The van der Waals surface area contributed by atoms with Crippen molar-refractivity contribution in [2.24, 2.45) is 5.73 Å². The van der Waals surface area contributed by atoms with Gasteiger partial charge in [0.25, 0.3) is 0 Å². The van der Waals surface area contributed by atoms with Crippen LogP contribution in [0.4, 0.5) is 16.2 Å². The number of nitrogens with two attached hydrogens (primary N) is 1. The van der Waals surface area contributed by atoms with Crippen molar-refractivity contribution >= 4 is 44.2 Å². The summed E-state index contributed by atoms with van der Waals surface area (Å²) in [7, 11) is -2.17. The molecule has 0 fully saturated rings. The highest BCUT2D eigenvalue weighted by atomic mass is 32.2. The van der Waals surface area contributed by atoms with Gasteiger partial charge in [-0.05, 0) is 52.9 Å². The number of primary amides is 1. The van der Waals surface area contributed by atoms with Crippen LogP contribution in [-0.4, -0.2) is 38.7 Å². The predicted molar refractivity (Wildman–Crippen MR) is 190 cm³/mol. The maximum Gasteiger partial charge on any atom is 0.323 e. The van der Waals surface area contributed by atoms with Crippen molar-refractivity contribution in [2.75, 3.05) is 24.0 Å². The van der Waals surface area contributed by atoms with Crippen LogP contribution in [0.5, 0.6) is 23.0 Å². The van der Waals surface area contributed by atoms with Crippen molar-refractivity contribution in [3.63, 3.8) is 0 Å². The first-order valence-electron chi connectivity index (χ1n) is 15.4. The number of rotatable bonds is 11. The Labute approximate surface area is 285 Å². The van der Waals surface area contributed by atoms with E-state index in [9.17, 15) is 18.0 Å². The lowest BCUT2D eigenvalue weighted by Gasteiger charge is -2.23. The third-order valence-corrected chi connectivity index (χ3v) is 8.02. The Balaban J connectivity index is 1.37. The monoisotopic (exact) mass is 682 g/mol. The minimum atomic E-state index is -3.65. The smallest absolute Gasteiger partial charge is 0.323 e. The number of ether oxygens (including phenoxy) is 2. The Morgan fingerprint density at radius 1 is 0.857 bits per heavy atom. The number of carbonyl (C=O) groups is 2. The van der Waals surface area contributed by atoms with E-state index in [1.807, 2.05) is 69.3 Å². The van der Waals surface area contributed by atoms with Crippen LogP contribution >= 0.6 is 0 Å². The maximum atomic E-state index is 13.4. The molecule has 0 aliphatic carbocycles. The van der Waals surface area contributed by atoms with Gasteiger partial charge in [0.2, 0.25) is 5.91 Å². The molecule has 254 valence electrons. The first-order valence-corrected chi connectivity index (χ1v) is 17.2. The number of aromatic nitrogens is 1. The molecular formula is C37H38N4O7S. The normalized spacial score (nSPS) is 11.5. The molecule has 0 spiro atoms. The lowest BCUT2D eigenvalue weighted by atomic mass is 9.85. The lowest BCUT2D eigenvalue weighted by Crippen LogP contribution is -2.22. The largest absolute Gasteiger partial charge is 0.494 e. The second-order valence-corrected chi connectivity index (χ2v) is 14.1. The molecule has 4 N–H and O–H groups in total. The van der Waals surface area contributed by atoms with Gasteiger partial charge < -0.3 is 30.0 Å². The van der Waals surface area contributed by atoms with Crippen molar-refractivity contribution in [3.05, 3.63) is 114 Å². The number of urea groups is 1. The number of nitrogens with one attached hydrogen (secondary N) is 2. The van der Waals surface area contributed by atoms with Gasteiger partial charge in [-0.25, -0.2) is 4.79 Å². The first kappa shape index (κ1) is 34.7. The van der Waals surface area contributed by atoms with E-state index in [1.54, 1.807) is 42.6 Å². The number of fused-ring (bicyclic) bond motifs is 1. The standard InChI is InChI=1S/C37H38N4O7S/c1-37(2,3)25-19-24(20-34(38)42)35(46-4)32(21-25)41-36(43)40-31-13-14-33(30-12-7-6-11-29(30)31)47-27-15-16-39-26(22-27)17-23-9-8-10-28(18-23)48-49(5,44)45/h6-16,18-19,21-22H,17,20H2,1-5H3,(H2,38,42)(H2,40,41,43). The molecule has 49 heavy (non-hydrogen) atoms. The summed E-state index contributed by atoms with van der Waals surface area (Å²) in [5.41, 5.74) is 9.21. The fraction of sp³-hybridized carbons (Fsp3) is 0.216. The number of amides is 3. The van der Waals surface area contributed by atoms with Gasteiger partial charge in [0, 0.05) is 40.7 Å². The van der Waals surface area contributed by atoms with Crippen LogP contribution in [0.3, 0.4) is 0 Å². The number of nitrogens with zero attached hydrogens (tertiary/aromatic N) is 1. The van der Waals surface area contributed by atoms with Crippen molar-refractivity contribution < 1.29 is 31.7 Å². The molecule has 0 saturated heterocycles. The molecule has 0 aliphatic rings. The van der Waals surface area contributed by atoms with E-state index in [2.05, 4.69) is 15.6 Å². The fourth-order valence-corrected chi connectivity index (χ4v) is 5.81. The molecule has 4 aromatic carbocycles. The number of anilines is 2. The highest BCUT2D eigenvalue weighted by molar-refractivity contribution is 7.86. The highest BCUT2D eigenvalue weighted by Gasteiger charge is 2.22. The Morgan fingerprint density at radius 3 is 2.29 bits per heavy atom. The third-order valence-electron chi connectivity index (χ3n) is 7.53. The van der Waals surface area contributed by atoms with Crippen molar-refractivity contribution in [1.82, 2.24) is 4.98 Å². The summed E-state index contributed by atoms with van der Waals surface area (Å²) >= 11 is 0. The SMILES string of the molecule is COc1c(CC(N)=O)cc(C(C)(C)C)cc1NC(=O)Nc1ccc(Oc2ccnc(Cc3cccc(OS(C)(=O)=O)c3)c2)c2ccccc12. The molecule has 5 rings (SSSR count). The number of methoxy groups -OCH3 is 1. The molecule has 0 bridgehead atoms. The summed E-state index contributed by atoms with van der Waals surface area (Å²) in [6, 6.07) is 24.6. The Morgan fingerprint density at radius 2 is 1.59 bits per heavy atom. The second-order valence-electron chi connectivity index (χ2n) is 12.5. The fourth-order valence-electron chi connectivity index (χ4n) is 5.35. The summed E-state index contributed by atoms with van der Waals surface area (Å²) in [4.78, 5) is 29.7. The van der Waals surface area contributed by atoms with Crippen LogP contribution in [0.2, 0.25) is 0 Å². The highest BCUT2D eigenvalue weighted by Crippen LogP contribution is 2.37. The van der Waals surface area contributed by atoms with Crippen LogP contribution in [0, 0.1) is 0 Å². The molecule has 0 unspecified atom stereocenters. The molecule has 3 amide bonds. The summed E-state index contributed by atoms with van der Waals surface area (Å²) < 4.78 is 40.0. The molecule has 11 nitrogen and oxygen atoms in total. The second kappa shape index (κ2) is 14.2. The molecule has 1 heterocycles. The van der Waals surface area contributed by atoms with Crippen LogP contribution in [0.15, 0.2) is 91.1 Å². The average molecular weight is 683 g/mol. The van der Waals surface area contributed by atoms with Crippen LogP contribution in [0.1, 0.15) is 43.2 Å². The third kappa shape index (κ3) is 9.05. The van der Waals surface area contributed by atoms with E-state index < -0.39 is 22.1 Å². The van der Waals surface area contributed by atoms with Gasteiger partial charge in [-0.3, -0.25) is 9.78 Å². The summed E-state index contributed by atoms with van der Waals surface area (Å²) in [5, 5.41) is 7.34. The minimum absolute atomic E-state index is 0.0397. The van der Waals surface area contributed by atoms with Crippen molar-refractivity contribution in [1.29, 1.82) is 0 Å². The van der Waals surface area contributed by atoms with Gasteiger partial charge in [-0.15, -0.1) is 0 Å². The van der Waals surface area contributed by atoms with E-state index in [0.717, 1.165) is 28.2 Å². The van der Waals surface area contributed by atoms with Gasteiger partial charge >= 0.3 is 16.1 Å². The Bertz CT molecular complexity index is 2140. The number of benzene rings is 4. The van der Waals surface area contributed by atoms with E-state index >= 15 is 0 Å². The van der Waals surface area contributed by atoms with Crippen LogP contribution in [0.25, 0.3) is 10.8 Å². The molecule has 1 aromatic heterocycles.